The molecule has 0 amide bonds. The van der Waals surface area contributed by atoms with Crippen LogP contribution in [0.1, 0.15) is 39.4 Å². The molecule has 0 spiro atoms. The SMILES string of the molecule is C/C=C(/C)C(=O)OC(C)(C)[C@@H]1Oc2ccc3ccc(=O)oc3c2[C@@H]1O. The van der Waals surface area contributed by atoms with Gasteiger partial charge in [-0.25, -0.2) is 9.59 Å². The summed E-state index contributed by atoms with van der Waals surface area (Å²) in [6.07, 6.45) is -0.272. The molecule has 1 aliphatic rings. The predicted octanol–water partition coefficient (Wildman–Crippen LogP) is 2.88. The summed E-state index contributed by atoms with van der Waals surface area (Å²) in [6.45, 7) is 6.74. The predicted molar refractivity (Wildman–Crippen MR) is 91.5 cm³/mol. The number of fused-ring (bicyclic) bond motifs is 3. The smallest absolute Gasteiger partial charge is 0.336 e. The molecule has 0 saturated heterocycles. The molecule has 25 heavy (non-hydrogen) atoms. The zero-order valence-corrected chi connectivity index (χ0v) is 14.5. The van der Waals surface area contributed by atoms with Gasteiger partial charge in [-0.15, -0.1) is 0 Å². The fourth-order valence-electron chi connectivity index (χ4n) is 2.89. The highest BCUT2D eigenvalue weighted by Gasteiger charge is 2.47. The standard InChI is InChI=1S/C19H20O6/c1-5-10(2)18(22)25-19(3,4)17-15(21)14-12(23-17)8-6-11-7-9-13(20)24-16(11)14/h5-9,15,17,21H,1-4H3/b10-5-/t15-,17+/m0/s1. The maximum Gasteiger partial charge on any atom is 0.336 e. The minimum atomic E-state index is -1.10. The fourth-order valence-corrected chi connectivity index (χ4v) is 2.89. The van der Waals surface area contributed by atoms with Crippen LogP contribution >= 0.6 is 0 Å². The van der Waals surface area contributed by atoms with E-state index in [9.17, 15) is 14.7 Å². The average Bonchev–Trinajstić information content (AvgIpc) is 2.91. The minimum absolute atomic E-state index is 0.284. The summed E-state index contributed by atoms with van der Waals surface area (Å²) < 4.78 is 16.6. The fraction of sp³-hybridized carbons (Fsp3) is 0.368. The third kappa shape index (κ3) is 2.93. The third-order valence-corrected chi connectivity index (χ3v) is 4.42. The van der Waals surface area contributed by atoms with Gasteiger partial charge in [-0.3, -0.25) is 0 Å². The van der Waals surface area contributed by atoms with Gasteiger partial charge in [0.2, 0.25) is 0 Å². The van der Waals surface area contributed by atoms with Crippen LogP contribution in [0.25, 0.3) is 11.0 Å². The van der Waals surface area contributed by atoms with Crippen LogP contribution in [0.15, 0.2) is 45.1 Å². The maximum absolute atomic E-state index is 12.1. The monoisotopic (exact) mass is 344 g/mol. The first-order valence-corrected chi connectivity index (χ1v) is 8.02. The van der Waals surface area contributed by atoms with Gasteiger partial charge in [-0.1, -0.05) is 6.08 Å². The van der Waals surface area contributed by atoms with E-state index >= 15 is 0 Å². The molecule has 0 fully saturated rings. The number of carbonyl (C=O) groups excluding carboxylic acids is 1. The molecule has 1 aromatic carbocycles. The Labute approximate surface area is 144 Å². The topological polar surface area (TPSA) is 86.0 Å². The molecule has 132 valence electrons. The van der Waals surface area contributed by atoms with E-state index in [2.05, 4.69) is 0 Å². The second-order valence-corrected chi connectivity index (χ2v) is 6.60. The molecule has 1 N–H and O–H groups in total. The largest absolute Gasteiger partial charge is 0.483 e. The first-order chi connectivity index (χ1) is 11.7. The first kappa shape index (κ1) is 17.2. The molecule has 1 aliphatic heterocycles. The lowest BCUT2D eigenvalue weighted by Gasteiger charge is -2.32. The van der Waals surface area contributed by atoms with Crippen molar-refractivity contribution in [3.8, 4) is 5.75 Å². The van der Waals surface area contributed by atoms with E-state index in [1.165, 1.54) is 6.07 Å². The number of aliphatic hydroxyl groups excluding tert-OH is 1. The molecule has 0 aliphatic carbocycles. The van der Waals surface area contributed by atoms with Crippen molar-refractivity contribution in [2.75, 3.05) is 0 Å². The van der Waals surface area contributed by atoms with Gasteiger partial charge in [0.1, 0.15) is 23.0 Å². The van der Waals surface area contributed by atoms with Crippen molar-refractivity contribution in [2.24, 2.45) is 0 Å². The Bertz CT molecular complexity index is 921. The molecular formula is C19H20O6. The Hall–Kier alpha value is -2.60. The molecule has 0 unspecified atom stereocenters. The van der Waals surface area contributed by atoms with E-state index in [1.54, 1.807) is 52.0 Å². The summed E-state index contributed by atoms with van der Waals surface area (Å²) in [4.78, 5) is 23.7. The molecule has 0 saturated carbocycles. The highest BCUT2D eigenvalue weighted by atomic mass is 16.6. The Morgan fingerprint density at radius 3 is 2.64 bits per heavy atom. The van der Waals surface area contributed by atoms with E-state index in [-0.39, 0.29) is 5.58 Å². The van der Waals surface area contributed by atoms with Crippen molar-refractivity contribution in [2.45, 2.75) is 45.5 Å². The Morgan fingerprint density at radius 1 is 1.28 bits per heavy atom. The Morgan fingerprint density at radius 2 is 1.96 bits per heavy atom. The number of allylic oxidation sites excluding steroid dienone is 1. The molecule has 6 heteroatoms. The second kappa shape index (κ2) is 6.04. The minimum Gasteiger partial charge on any atom is -0.483 e. The molecule has 1 aromatic heterocycles. The maximum atomic E-state index is 12.1. The second-order valence-electron chi connectivity index (χ2n) is 6.60. The normalized spacial score (nSPS) is 20.3. The average molecular weight is 344 g/mol. The van der Waals surface area contributed by atoms with E-state index in [0.29, 0.717) is 22.3 Å². The Kier molecular flexibility index (Phi) is 4.16. The molecule has 0 radical (unpaired) electrons. The Balaban J connectivity index is 1.98. The zero-order chi connectivity index (χ0) is 18.4. The van der Waals surface area contributed by atoms with Crippen LogP contribution in [0.5, 0.6) is 5.75 Å². The number of carbonyl (C=O) groups is 1. The molecule has 2 atom stereocenters. The van der Waals surface area contributed by atoms with Crippen LogP contribution in [0.3, 0.4) is 0 Å². The highest BCUT2D eigenvalue weighted by Crippen LogP contribution is 2.45. The van der Waals surface area contributed by atoms with Gasteiger partial charge in [0.05, 0.1) is 5.56 Å². The number of ether oxygens (including phenoxy) is 2. The van der Waals surface area contributed by atoms with Crippen LogP contribution in [-0.2, 0) is 9.53 Å². The van der Waals surface area contributed by atoms with E-state index in [1.807, 2.05) is 0 Å². The van der Waals surface area contributed by atoms with Crippen molar-refractivity contribution in [3.05, 3.63) is 51.9 Å². The number of hydrogen-bond donors (Lipinski definition) is 1. The van der Waals surface area contributed by atoms with Gasteiger partial charge in [-0.05, 0) is 45.9 Å². The highest BCUT2D eigenvalue weighted by molar-refractivity contribution is 5.88. The number of aliphatic hydroxyl groups is 1. The van der Waals surface area contributed by atoms with Crippen molar-refractivity contribution in [3.63, 3.8) is 0 Å². The lowest BCUT2D eigenvalue weighted by atomic mass is 9.93. The van der Waals surface area contributed by atoms with Gasteiger partial charge in [0.25, 0.3) is 0 Å². The molecule has 2 aromatic rings. The lowest BCUT2D eigenvalue weighted by molar-refractivity contribution is -0.165. The summed E-state index contributed by atoms with van der Waals surface area (Å²) in [5.41, 5.74) is -0.458. The van der Waals surface area contributed by atoms with Crippen LogP contribution in [0.4, 0.5) is 0 Å². The number of hydrogen-bond acceptors (Lipinski definition) is 6. The summed E-state index contributed by atoms with van der Waals surface area (Å²) in [5.74, 6) is -0.0677. The lowest BCUT2D eigenvalue weighted by Crippen LogP contribution is -2.45. The first-order valence-electron chi connectivity index (χ1n) is 8.02. The van der Waals surface area contributed by atoms with Crippen molar-refractivity contribution >= 4 is 16.9 Å². The van der Waals surface area contributed by atoms with Crippen molar-refractivity contribution in [1.29, 1.82) is 0 Å². The van der Waals surface area contributed by atoms with E-state index < -0.39 is 29.4 Å². The summed E-state index contributed by atoms with van der Waals surface area (Å²) in [5, 5.41) is 11.5. The zero-order valence-electron chi connectivity index (χ0n) is 14.5. The number of rotatable bonds is 3. The number of benzene rings is 1. The van der Waals surface area contributed by atoms with Gasteiger partial charge in [-0.2, -0.15) is 0 Å². The van der Waals surface area contributed by atoms with Gasteiger partial charge >= 0.3 is 11.6 Å². The van der Waals surface area contributed by atoms with Crippen LogP contribution in [0.2, 0.25) is 0 Å². The summed E-state index contributed by atoms with van der Waals surface area (Å²) in [6, 6.07) is 6.40. The summed E-state index contributed by atoms with van der Waals surface area (Å²) >= 11 is 0. The van der Waals surface area contributed by atoms with Crippen molar-refractivity contribution in [1.82, 2.24) is 0 Å². The van der Waals surface area contributed by atoms with Crippen molar-refractivity contribution < 1.29 is 23.8 Å². The van der Waals surface area contributed by atoms with Gasteiger partial charge in [0.15, 0.2) is 6.10 Å². The number of esters is 1. The molecule has 6 nitrogen and oxygen atoms in total. The summed E-state index contributed by atoms with van der Waals surface area (Å²) in [7, 11) is 0. The van der Waals surface area contributed by atoms with E-state index in [4.69, 9.17) is 13.9 Å². The third-order valence-electron chi connectivity index (χ3n) is 4.42. The van der Waals surface area contributed by atoms with Gasteiger partial charge in [0, 0.05) is 17.0 Å². The molecule has 3 rings (SSSR count). The molecular weight excluding hydrogens is 324 g/mol. The molecule has 2 heterocycles. The quantitative estimate of drug-likeness (QED) is 0.523. The van der Waals surface area contributed by atoms with Crippen LogP contribution in [0, 0.1) is 0 Å². The van der Waals surface area contributed by atoms with Crippen LogP contribution < -0.4 is 10.4 Å². The van der Waals surface area contributed by atoms with Gasteiger partial charge < -0.3 is 19.0 Å². The molecule has 0 bridgehead atoms. The van der Waals surface area contributed by atoms with Crippen LogP contribution in [-0.4, -0.2) is 22.8 Å². The van der Waals surface area contributed by atoms with E-state index in [0.717, 1.165) is 0 Å².